The predicted molar refractivity (Wildman–Crippen MR) is 138 cm³/mol. The van der Waals surface area contributed by atoms with Crippen molar-refractivity contribution in [3.05, 3.63) is 12.2 Å². The van der Waals surface area contributed by atoms with Crippen LogP contribution >= 0.6 is 0 Å². The van der Waals surface area contributed by atoms with Crippen molar-refractivity contribution in [2.75, 3.05) is 36.8 Å². The van der Waals surface area contributed by atoms with Gasteiger partial charge in [0, 0.05) is 19.1 Å². The molecular formula is C24H37N11O3. The maximum absolute atomic E-state index is 11.0. The molecule has 3 fully saturated rings. The Labute approximate surface area is 220 Å². The van der Waals surface area contributed by atoms with Gasteiger partial charge in [-0.25, -0.2) is 4.98 Å². The smallest absolute Gasteiger partial charge is 0.226 e. The standard InChI is InChI=1S/C24H37N11O3/c1-2-35-31-21(30-32-35)19-17(36)18(37)23(38-19)34-14-26-16-20(27-15-8-4-5-9-15)28-24(29-22(16)34)25-10-13-33-11-6-3-7-12-33/h14-15,17-19,23,36-37H,2-13H2,1H3,(H2,25,27,28,29)/t17-,18+,19-,23+/m0/s1. The summed E-state index contributed by atoms with van der Waals surface area (Å²) >= 11 is 0. The average molecular weight is 528 g/mol. The number of anilines is 2. The molecule has 206 valence electrons. The first-order chi connectivity index (χ1) is 18.6. The molecule has 3 aromatic rings. The van der Waals surface area contributed by atoms with Crippen LogP contribution in [0.15, 0.2) is 6.33 Å². The van der Waals surface area contributed by atoms with E-state index in [1.165, 1.54) is 36.9 Å². The Morgan fingerprint density at radius 3 is 2.63 bits per heavy atom. The minimum Gasteiger partial charge on any atom is -0.387 e. The lowest BCUT2D eigenvalue weighted by Crippen LogP contribution is -2.34. The third-order valence-electron chi connectivity index (χ3n) is 7.80. The van der Waals surface area contributed by atoms with E-state index in [0.29, 0.717) is 35.5 Å². The Morgan fingerprint density at radius 2 is 1.87 bits per heavy atom. The molecule has 0 aromatic carbocycles. The molecule has 0 amide bonds. The molecule has 2 aliphatic heterocycles. The van der Waals surface area contributed by atoms with Crippen LogP contribution in [0.2, 0.25) is 0 Å². The SMILES string of the molecule is CCn1nnc([C@H]2O[C@@H](n3cnc4c(NC5CCCC5)nc(NCCN5CCCCC5)nc43)[C@H](O)[C@@H]2O)n1. The number of tetrazole rings is 1. The van der Waals surface area contributed by atoms with Crippen LogP contribution < -0.4 is 10.6 Å². The highest BCUT2D eigenvalue weighted by Gasteiger charge is 2.47. The fraction of sp³-hybridized carbons (Fsp3) is 0.750. The van der Waals surface area contributed by atoms with Crippen LogP contribution in [0.3, 0.4) is 0 Å². The Kier molecular flexibility index (Phi) is 7.37. The summed E-state index contributed by atoms with van der Waals surface area (Å²) in [5, 5.41) is 40.9. The van der Waals surface area contributed by atoms with Gasteiger partial charge in [-0.2, -0.15) is 14.8 Å². The molecule has 0 bridgehead atoms. The zero-order chi connectivity index (χ0) is 26.1. The number of aryl methyl sites for hydroxylation is 1. The predicted octanol–water partition coefficient (Wildman–Crippen LogP) is 1.08. The van der Waals surface area contributed by atoms with Crippen molar-refractivity contribution >= 4 is 22.9 Å². The molecule has 0 spiro atoms. The van der Waals surface area contributed by atoms with Crippen LogP contribution in [0.5, 0.6) is 0 Å². The van der Waals surface area contributed by atoms with E-state index in [1.54, 1.807) is 10.9 Å². The first kappa shape index (κ1) is 25.3. The lowest BCUT2D eigenvalue weighted by Gasteiger charge is -2.26. The van der Waals surface area contributed by atoms with E-state index in [-0.39, 0.29) is 5.82 Å². The van der Waals surface area contributed by atoms with Crippen LogP contribution in [0.4, 0.5) is 11.8 Å². The second-order valence-electron chi connectivity index (χ2n) is 10.4. The van der Waals surface area contributed by atoms with Crippen LogP contribution in [0.1, 0.15) is 70.0 Å². The second-order valence-corrected chi connectivity index (χ2v) is 10.4. The molecular weight excluding hydrogens is 490 g/mol. The van der Waals surface area contributed by atoms with E-state index in [4.69, 9.17) is 14.7 Å². The van der Waals surface area contributed by atoms with Gasteiger partial charge in [0.2, 0.25) is 11.8 Å². The molecule has 1 saturated carbocycles. The third-order valence-corrected chi connectivity index (χ3v) is 7.80. The molecule has 14 heteroatoms. The summed E-state index contributed by atoms with van der Waals surface area (Å²) in [5.74, 6) is 1.38. The number of aromatic nitrogens is 8. The molecule has 4 N–H and O–H groups in total. The van der Waals surface area contributed by atoms with E-state index in [0.717, 1.165) is 39.0 Å². The van der Waals surface area contributed by atoms with Gasteiger partial charge in [0.25, 0.3) is 0 Å². The summed E-state index contributed by atoms with van der Waals surface area (Å²) in [4.78, 5) is 18.0. The third kappa shape index (κ3) is 5.05. The van der Waals surface area contributed by atoms with Gasteiger partial charge in [0.05, 0.1) is 12.9 Å². The summed E-state index contributed by atoms with van der Waals surface area (Å²) < 4.78 is 7.75. The van der Waals surface area contributed by atoms with E-state index in [2.05, 4.69) is 35.9 Å². The summed E-state index contributed by atoms with van der Waals surface area (Å²) in [6.45, 7) is 6.34. The number of imidazole rings is 1. The van der Waals surface area contributed by atoms with E-state index in [9.17, 15) is 10.2 Å². The molecule has 2 saturated heterocycles. The Morgan fingerprint density at radius 1 is 1.05 bits per heavy atom. The maximum atomic E-state index is 11.0. The van der Waals surface area contributed by atoms with Crippen molar-refractivity contribution in [2.45, 2.75) is 89.0 Å². The lowest BCUT2D eigenvalue weighted by molar-refractivity contribution is -0.0384. The van der Waals surface area contributed by atoms with Gasteiger partial charge in [-0.15, -0.1) is 10.2 Å². The minimum atomic E-state index is -1.23. The van der Waals surface area contributed by atoms with Crippen molar-refractivity contribution in [1.82, 2.24) is 44.6 Å². The normalized spacial score (nSPS) is 26.9. The molecule has 5 heterocycles. The van der Waals surface area contributed by atoms with Crippen molar-refractivity contribution in [2.24, 2.45) is 0 Å². The molecule has 38 heavy (non-hydrogen) atoms. The molecule has 3 aromatic heterocycles. The van der Waals surface area contributed by atoms with Crippen molar-refractivity contribution in [3.8, 4) is 0 Å². The van der Waals surface area contributed by atoms with Gasteiger partial charge in [-0.3, -0.25) is 4.57 Å². The summed E-state index contributed by atoms with van der Waals surface area (Å²) in [5.41, 5.74) is 1.12. The van der Waals surface area contributed by atoms with Gasteiger partial charge < -0.3 is 30.5 Å². The number of ether oxygens (including phenoxy) is 1. The summed E-state index contributed by atoms with van der Waals surface area (Å²) in [6, 6.07) is 0.339. The molecule has 6 rings (SSSR count). The topological polar surface area (TPSA) is 164 Å². The molecule has 0 radical (unpaired) electrons. The number of aliphatic hydroxyl groups excluding tert-OH is 2. The van der Waals surface area contributed by atoms with E-state index >= 15 is 0 Å². The largest absolute Gasteiger partial charge is 0.387 e. The zero-order valence-corrected chi connectivity index (χ0v) is 21.8. The Hall–Kier alpha value is -2.94. The Bertz CT molecular complexity index is 1220. The molecule has 14 nitrogen and oxygen atoms in total. The summed E-state index contributed by atoms with van der Waals surface area (Å²) in [6.07, 6.45) is 5.64. The molecule has 1 aliphatic carbocycles. The van der Waals surface area contributed by atoms with Crippen molar-refractivity contribution in [3.63, 3.8) is 0 Å². The van der Waals surface area contributed by atoms with Crippen molar-refractivity contribution < 1.29 is 14.9 Å². The van der Waals surface area contributed by atoms with E-state index < -0.39 is 24.5 Å². The number of aliphatic hydroxyl groups is 2. The van der Waals surface area contributed by atoms with Gasteiger partial charge in [-0.1, -0.05) is 19.3 Å². The Balaban J connectivity index is 1.27. The summed E-state index contributed by atoms with van der Waals surface area (Å²) in [7, 11) is 0. The van der Waals surface area contributed by atoms with Gasteiger partial charge in [0.1, 0.15) is 12.2 Å². The van der Waals surface area contributed by atoms with Crippen LogP contribution in [-0.4, -0.2) is 99.3 Å². The monoisotopic (exact) mass is 527 g/mol. The van der Waals surface area contributed by atoms with Gasteiger partial charge in [-0.05, 0) is 50.9 Å². The number of likely N-dealkylation sites (tertiary alicyclic amines) is 1. The number of rotatable bonds is 9. The first-order valence-electron chi connectivity index (χ1n) is 13.9. The first-order valence-corrected chi connectivity index (χ1v) is 13.9. The highest BCUT2D eigenvalue weighted by atomic mass is 16.6. The van der Waals surface area contributed by atoms with Crippen molar-refractivity contribution in [1.29, 1.82) is 0 Å². The number of piperidine rings is 1. The lowest BCUT2D eigenvalue weighted by atomic mass is 10.1. The number of nitrogens with one attached hydrogen (secondary N) is 2. The zero-order valence-electron chi connectivity index (χ0n) is 21.8. The number of nitrogens with zero attached hydrogens (tertiary/aromatic N) is 9. The molecule has 4 atom stereocenters. The quantitative estimate of drug-likeness (QED) is 0.313. The van der Waals surface area contributed by atoms with E-state index in [1.807, 2.05) is 6.92 Å². The maximum Gasteiger partial charge on any atom is 0.226 e. The van der Waals surface area contributed by atoms with Crippen LogP contribution in [-0.2, 0) is 11.3 Å². The molecule has 3 aliphatic rings. The van der Waals surface area contributed by atoms with Crippen LogP contribution in [0, 0.1) is 0 Å². The number of hydrogen-bond acceptors (Lipinski definition) is 12. The van der Waals surface area contributed by atoms with Gasteiger partial charge in [0.15, 0.2) is 29.3 Å². The number of hydrogen-bond donors (Lipinski definition) is 4. The fourth-order valence-corrected chi connectivity index (χ4v) is 5.66. The fourth-order valence-electron chi connectivity index (χ4n) is 5.66. The minimum absolute atomic E-state index is 0.226. The van der Waals surface area contributed by atoms with Gasteiger partial charge >= 0.3 is 0 Å². The number of fused-ring (bicyclic) bond motifs is 1. The average Bonchev–Trinajstić information content (AvgIpc) is 3.74. The van der Waals surface area contributed by atoms with Crippen LogP contribution in [0.25, 0.3) is 11.2 Å². The highest BCUT2D eigenvalue weighted by molar-refractivity contribution is 5.84. The second kappa shape index (κ2) is 11.0. The molecule has 0 unspecified atom stereocenters. The highest BCUT2D eigenvalue weighted by Crippen LogP contribution is 2.39.